The Morgan fingerprint density at radius 3 is 1.11 bits per heavy atom. The van der Waals surface area contributed by atoms with E-state index >= 15 is 0 Å². The molecule has 0 saturated carbocycles. The van der Waals surface area contributed by atoms with Crippen LogP contribution in [0.25, 0.3) is 0 Å². The number of carboxylic acids is 1. The minimum atomic E-state index is -0.865. The summed E-state index contributed by atoms with van der Waals surface area (Å²) in [5, 5.41) is 55.4. The van der Waals surface area contributed by atoms with Gasteiger partial charge in [-0.15, -0.1) is 0 Å². The number of hydrogen-bond donors (Lipinski definition) is 6. The molecule has 4 aromatic carbocycles. The van der Waals surface area contributed by atoms with E-state index in [4.69, 9.17) is 43.0 Å². The molecule has 4 aliphatic heterocycles. The van der Waals surface area contributed by atoms with Crippen LogP contribution in [0.15, 0.2) is 72.8 Å². The van der Waals surface area contributed by atoms with Gasteiger partial charge in [-0.25, -0.2) is 0 Å². The molecule has 0 saturated heterocycles. The second-order valence-corrected chi connectivity index (χ2v) is 15.8. The van der Waals surface area contributed by atoms with Gasteiger partial charge in [0.25, 0.3) is 0 Å². The van der Waals surface area contributed by atoms with Crippen LogP contribution in [0.1, 0.15) is 93.9 Å². The van der Waals surface area contributed by atoms with E-state index in [1.165, 1.54) is 6.07 Å². The number of rotatable bonds is 18. The fourth-order valence-corrected chi connectivity index (χ4v) is 6.95. The zero-order valence-corrected chi connectivity index (χ0v) is 36.8. The van der Waals surface area contributed by atoms with Gasteiger partial charge in [-0.3, -0.25) is 4.79 Å². The number of unbranched alkanes of at least 4 members (excludes halogenated alkanes) is 3. The lowest BCUT2D eigenvalue weighted by Crippen LogP contribution is -2.28. The molecule has 0 radical (unpaired) electrons. The second-order valence-electron chi connectivity index (χ2n) is 15.8. The molecule has 0 unspecified atom stereocenters. The summed E-state index contributed by atoms with van der Waals surface area (Å²) < 4.78 is 36.9. The van der Waals surface area contributed by atoms with Gasteiger partial charge < -0.3 is 72.7 Å². The molecule has 0 spiro atoms. The largest absolute Gasteiger partial charge is 0.508 e. The van der Waals surface area contributed by atoms with Crippen LogP contribution < -0.4 is 36.1 Å². The van der Waals surface area contributed by atoms with Crippen LogP contribution in [0, 0.1) is 0 Å². The Labute approximate surface area is 380 Å². The number of phenols is 1. The molecule has 0 aromatic heterocycles. The van der Waals surface area contributed by atoms with Crippen molar-refractivity contribution < 1.29 is 77.5 Å². The number of hydrogen-bond acceptors (Lipinski definition) is 15. The highest BCUT2D eigenvalue weighted by atomic mass is 16.5. The van der Waals surface area contributed by atoms with E-state index in [1.807, 2.05) is 48.5 Å². The molecule has 0 aliphatic carbocycles. The van der Waals surface area contributed by atoms with Crippen LogP contribution in [0.4, 0.5) is 0 Å². The third kappa shape index (κ3) is 16.6. The van der Waals surface area contributed by atoms with Gasteiger partial charge in [-0.2, -0.15) is 0 Å². The Bertz CT molecular complexity index is 2000. The number of ketones is 2. The molecule has 0 atom stereocenters. The molecule has 4 heterocycles. The maximum atomic E-state index is 10.8. The topological polar surface area (TPSA) is 237 Å². The number of aromatic hydroxyl groups is 1. The van der Waals surface area contributed by atoms with E-state index < -0.39 is 34.4 Å². The molecule has 8 rings (SSSR count). The lowest BCUT2D eigenvalue weighted by molar-refractivity contribution is -0.137. The van der Waals surface area contributed by atoms with Crippen molar-refractivity contribution in [3.63, 3.8) is 0 Å². The van der Waals surface area contributed by atoms with Crippen molar-refractivity contribution in [1.82, 2.24) is 0 Å². The van der Waals surface area contributed by atoms with Crippen molar-refractivity contribution in [2.45, 2.75) is 98.1 Å². The minimum Gasteiger partial charge on any atom is -0.508 e. The Hall–Kier alpha value is -5.17. The molecule has 344 valence electrons. The van der Waals surface area contributed by atoms with Gasteiger partial charge in [0.1, 0.15) is 34.6 Å². The standard InChI is InChI=1S/2C13H17BO4.C12H15BO5.C7H7BO3/c2*1-10(15)4-2-3-7-17-12-6-5-11-9-18-14(16)13(11)8-12;14-12(15)3-1-2-6-17-10-5-4-9-8-18-13(16)11(9)7-10;9-6-2-1-5-4-11-8(10)7(5)3-6/h2*5-6,8,16H,2-4,7,9H2,1H3;4-5,7,16H,1-3,6,8H2,(H,14,15);1-3,9-10H,4H2. The molecular formula is C45H56B4O16. The number of benzene rings is 4. The number of fused-ring (bicyclic) bond motifs is 4. The molecule has 20 heteroatoms. The maximum absolute atomic E-state index is 10.8. The van der Waals surface area contributed by atoms with Crippen LogP contribution in [0.5, 0.6) is 23.0 Å². The number of aliphatic carboxylic acids is 1. The quantitative estimate of drug-likeness (QED) is 0.0621. The molecule has 6 N–H and O–H groups in total. The average Bonchev–Trinajstić information content (AvgIpc) is 4.06. The molecule has 4 aliphatic rings. The zero-order chi connectivity index (χ0) is 46.7. The van der Waals surface area contributed by atoms with Gasteiger partial charge in [0.2, 0.25) is 0 Å². The molecule has 4 aromatic rings. The summed E-state index contributed by atoms with van der Waals surface area (Å²) in [7, 11) is -3.39. The Morgan fingerprint density at radius 2 is 0.785 bits per heavy atom. The van der Waals surface area contributed by atoms with Crippen LogP contribution in [-0.2, 0) is 59.4 Å². The predicted octanol–water partition coefficient (Wildman–Crippen LogP) is 2.23. The molecular weight excluding hydrogens is 840 g/mol. The highest BCUT2D eigenvalue weighted by molar-refractivity contribution is 6.62. The van der Waals surface area contributed by atoms with Gasteiger partial charge >= 0.3 is 34.4 Å². The lowest BCUT2D eigenvalue weighted by Gasteiger charge is -2.07. The fourth-order valence-electron chi connectivity index (χ4n) is 6.95. The summed E-state index contributed by atoms with van der Waals surface area (Å²) in [5.74, 6) is 1.96. The van der Waals surface area contributed by atoms with Gasteiger partial charge in [0.05, 0.1) is 46.2 Å². The van der Waals surface area contributed by atoms with Crippen molar-refractivity contribution in [2.24, 2.45) is 0 Å². The van der Waals surface area contributed by atoms with E-state index in [9.17, 15) is 34.5 Å². The van der Waals surface area contributed by atoms with Crippen LogP contribution in [0.2, 0.25) is 0 Å². The SMILES string of the molecule is CC(=O)CCCCOc1ccc2c(c1)B(O)OC2.CC(=O)CCCCOc1ccc2c(c1)B(O)OC2.O=C(O)CCCCOc1ccc2c(c1)B(O)OC2.OB1OCc2ccc(O)cc21. The van der Waals surface area contributed by atoms with Crippen molar-refractivity contribution in [3.05, 3.63) is 95.1 Å². The third-order valence-electron chi connectivity index (χ3n) is 10.6. The second kappa shape index (κ2) is 26.1. The Morgan fingerprint density at radius 1 is 0.477 bits per heavy atom. The summed E-state index contributed by atoms with van der Waals surface area (Å²) in [4.78, 5) is 31.8. The lowest BCUT2D eigenvalue weighted by atomic mass is 9.79. The molecule has 65 heavy (non-hydrogen) atoms. The normalized spacial score (nSPS) is 13.8. The van der Waals surface area contributed by atoms with E-state index in [1.54, 1.807) is 32.0 Å². The predicted molar refractivity (Wildman–Crippen MR) is 244 cm³/mol. The van der Waals surface area contributed by atoms with Crippen molar-refractivity contribution in [3.8, 4) is 23.0 Å². The van der Waals surface area contributed by atoms with Crippen LogP contribution >= 0.6 is 0 Å². The molecule has 0 fully saturated rings. The summed E-state index contributed by atoms with van der Waals surface area (Å²) in [6.45, 7) is 6.61. The highest BCUT2D eigenvalue weighted by Gasteiger charge is 2.30. The van der Waals surface area contributed by atoms with Crippen molar-refractivity contribution >= 4 is 67.9 Å². The number of carbonyl (C=O) groups is 3. The third-order valence-corrected chi connectivity index (χ3v) is 10.6. The average molecular weight is 896 g/mol. The summed E-state index contributed by atoms with van der Waals surface area (Å²) in [6, 6.07) is 21.5. The highest BCUT2D eigenvalue weighted by Crippen LogP contribution is 2.20. The first kappa shape index (κ1) is 50.8. The minimum absolute atomic E-state index is 0.160. The van der Waals surface area contributed by atoms with Gasteiger partial charge in [-0.05, 0) is 145 Å². The van der Waals surface area contributed by atoms with Crippen LogP contribution in [0.3, 0.4) is 0 Å². The monoisotopic (exact) mass is 896 g/mol. The van der Waals surface area contributed by atoms with Gasteiger partial charge in [0.15, 0.2) is 0 Å². The molecule has 0 bridgehead atoms. The van der Waals surface area contributed by atoms with E-state index in [0.717, 1.165) is 75.8 Å². The van der Waals surface area contributed by atoms with E-state index in [0.29, 0.717) is 83.1 Å². The number of carbonyl (C=O) groups excluding carboxylic acids is 2. The van der Waals surface area contributed by atoms with E-state index in [2.05, 4.69) is 0 Å². The summed E-state index contributed by atoms with van der Waals surface area (Å²) in [6.07, 6.45) is 6.11. The Kier molecular flexibility index (Phi) is 20.4. The molecule has 16 nitrogen and oxygen atoms in total. The van der Waals surface area contributed by atoms with Crippen LogP contribution in [-0.4, -0.2) is 96.1 Å². The number of phenolic OH excluding ortho intramolecular Hbond substituents is 1. The van der Waals surface area contributed by atoms with Gasteiger partial charge in [0, 0.05) is 19.3 Å². The fraction of sp³-hybridized carbons (Fsp3) is 0.400. The first-order chi connectivity index (χ1) is 31.3. The zero-order valence-electron chi connectivity index (χ0n) is 36.8. The first-order valence-electron chi connectivity index (χ1n) is 21.7. The summed E-state index contributed by atoms with van der Waals surface area (Å²) >= 11 is 0. The maximum Gasteiger partial charge on any atom is 0.491 e. The number of ether oxygens (including phenoxy) is 3. The smallest absolute Gasteiger partial charge is 0.491 e. The van der Waals surface area contributed by atoms with Gasteiger partial charge in [-0.1, -0.05) is 24.3 Å². The van der Waals surface area contributed by atoms with Crippen molar-refractivity contribution in [1.29, 1.82) is 0 Å². The number of carboxylic acid groups (broad SMARTS) is 1. The summed E-state index contributed by atoms with van der Waals surface area (Å²) in [5.41, 5.74) is 6.92. The first-order valence-corrected chi connectivity index (χ1v) is 21.7. The molecule has 0 amide bonds. The Balaban J connectivity index is 0.000000165. The van der Waals surface area contributed by atoms with E-state index in [-0.39, 0.29) is 23.7 Å². The van der Waals surface area contributed by atoms with Crippen molar-refractivity contribution in [2.75, 3.05) is 19.8 Å². The number of Topliss-reactive ketones (excluding diaryl/α,β-unsaturated/α-hetero) is 2.